The molecule has 100 valence electrons. The van der Waals surface area contributed by atoms with Crippen LogP contribution in [0.1, 0.15) is 24.2 Å². The van der Waals surface area contributed by atoms with Gasteiger partial charge in [0.05, 0.1) is 0 Å². The fourth-order valence-electron chi connectivity index (χ4n) is 1.85. The third-order valence-corrected chi connectivity index (χ3v) is 2.94. The summed E-state index contributed by atoms with van der Waals surface area (Å²) in [6, 6.07) is 5.09. The number of carbonyl (C=O) groups excluding carboxylic acids is 1. The number of aromatic nitrogens is 4. The molecule has 0 bridgehead atoms. The molecule has 0 unspecified atom stereocenters. The third-order valence-electron chi connectivity index (χ3n) is 2.94. The number of hydrogen-bond acceptors (Lipinski definition) is 5. The van der Waals surface area contributed by atoms with Crippen molar-refractivity contribution >= 4 is 11.6 Å². The van der Waals surface area contributed by atoms with Crippen molar-refractivity contribution in [1.82, 2.24) is 25.5 Å². The van der Waals surface area contributed by atoms with Crippen LogP contribution in [0.25, 0.3) is 11.4 Å². The minimum atomic E-state index is -0.0326. The van der Waals surface area contributed by atoms with Crippen LogP contribution in [0.2, 0.25) is 0 Å². The summed E-state index contributed by atoms with van der Waals surface area (Å²) in [5.41, 5.74) is 7.56. The van der Waals surface area contributed by atoms with Gasteiger partial charge >= 0.3 is 0 Å². The van der Waals surface area contributed by atoms with Crippen molar-refractivity contribution < 1.29 is 4.79 Å². The molecule has 0 aliphatic rings. The molecule has 19 heavy (non-hydrogen) atoms. The zero-order valence-electron chi connectivity index (χ0n) is 10.9. The maximum absolute atomic E-state index is 12.3. The van der Waals surface area contributed by atoms with Crippen molar-refractivity contribution in [1.29, 1.82) is 0 Å². The van der Waals surface area contributed by atoms with E-state index >= 15 is 0 Å². The number of H-pyrrole nitrogens is 1. The fraction of sp³-hybridized carbons (Fsp3) is 0.333. The first kappa shape index (κ1) is 13.0. The van der Waals surface area contributed by atoms with E-state index in [4.69, 9.17) is 5.73 Å². The molecule has 1 heterocycles. The van der Waals surface area contributed by atoms with Gasteiger partial charge in [0.15, 0.2) is 0 Å². The van der Waals surface area contributed by atoms with E-state index in [0.29, 0.717) is 35.7 Å². The van der Waals surface area contributed by atoms with Gasteiger partial charge in [-0.15, -0.1) is 10.2 Å². The Morgan fingerprint density at radius 1 is 1.37 bits per heavy atom. The lowest BCUT2D eigenvalue weighted by Crippen LogP contribution is -2.30. The summed E-state index contributed by atoms with van der Waals surface area (Å²) in [4.78, 5) is 14.0. The van der Waals surface area contributed by atoms with E-state index in [0.717, 1.165) is 0 Å². The van der Waals surface area contributed by atoms with Crippen LogP contribution in [-0.4, -0.2) is 44.5 Å². The molecule has 7 nitrogen and oxygen atoms in total. The summed E-state index contributed by atoms with van der Waals surface area (Å²) in [6.07, 6.45) is 0. The summed E-state index contributed by atoms with van der Waals surface area (Å²) in [6.45, 7) is 5.21. The minimum absolute atomic E-state index is 0.0326. The highest BCUT2D eigenvalue weighted by Gasteiger charge is 2.15. The summed E-state index contributed by atoms with van der Waals surface area (Å²) >= 11 is 0. The van der Waals surface area contributed by atoms with Crippen molar-refractivity contribution in [2.45, 2.75) is 13.8 Å². The lowest BCUT2D eigenvalue weighted by Gasteiger charge is -2.19. The highest BCUT2D eigenvalue weighted by atomic mass is 16.2. The zero-order chi connectivity index (χ0) is 13.8. The number of carbonyl (C=O) groups is 1. The fourth-order valence-corrected chi connectivity index (χ4v) is 1.85. The first-order valence-electron chi connectivity index (χ1n) is 6.10. The Hall–Kier alpha value is -2.44. The second-order valence-corrected chi connectivity index (χ2v) is 4.01. The first-order valence-corrected chi connectivity index (χ1v) is 6.10. The molecule has 2 aromatic rings. The SMILES string of the molecule is CCN(CC)C(=O)c1ccc(N)c(-c2nn[nH]n2)c1. The summed E-state index contributed by atoms with van der Waals surface area (Å²) < 4.78 is 0. The Morgan fingerprint density at radius 2 is 2.11 bits per heavy atom. The van der Waals surface area contributed by atoms with Gasteiger partial charge < -0.3 is 10.6 Å². The molecule has 0 saturated carbocycles. The number of aromatic amines is 1. The van der Waals surface area contributed by atoms with E-state index in [1.807, 2.05) is 13.8 Å². The zero-order valence-corrected chi connectivity index (χ0v) is 10.9. The number of anilines is 1. The average Bonchev–Trinajstić information content (AvgIpc) is 2.94. The van der Waals surface area contributed by atoms with Crippen LogP contribution in [-0.2, 0) is 0 Å². The van der Waals surface area contributed by atoms with Gasteiger partial charge in [0, 0.05) is 29.9 Å². The van der Waals surface area contributed by atoms with Crippen LogP contribution < -0.4 is 5.73 Å². The predicted octanol–water partition coefficient (Wildman–Crippen LogP) is 0.931. The molecule has 0 aliphatic carbocycles. The number of rotatable bonds is 4. The number of nitrogens with two attached hydrogens (primary N) is 1. The van der Waals surface area contributed by atoms with E-state index in [1.165, 1.54) is 0 Å². The van der Waals surface area contributed by atoms with Crippen LogP contribution >= 0.6 is 0 Å². The molecule has 3 N–H and O–H groups in total. The molecule has 0 saturated heterocycles. The van der Waals surface area contributed by atoms with Gasteiger partial charge in [-0.3, -0.25) is 4.79 Å². The summed E-state index contributed by atoms with van der Waals surface area (Å²) in [5.74, 6) is 0.349. The number of hydrogen-bond donors (Lipinski definition) is 2. The Morgan fingerprint density at radius 3 is 2.68 bits per heavy atom. The van der Waals surface area contributed by atoms with Gasteiger partial charge in [0.25, 0.3) is 5.91 Å². The second-order valence-electron chi connectivity index (χ2n) is 4.01. The van der Waals surface area contributed by atoms with Gasteiger partial charge in [0.1, 0.15) is 0 Å². The van der Waals surface area contributed by atoms with Crippen molar-refractivity contribution in [2.24, 2.45) is 0 Å². The molecular weight excluding hydrogens is 244 g/mol. The van der Waals surface area contributed by atoms with E-state index in [1.54, 1.807) is 23.1 Å². The Bertz CT molecular complexity index is 562. The van der Waals surface area contributed by atoms with E-state index in [-0.39, 0.29) is 5.91 Å². The standard InChI is InChI=1S/C12H16N6O/c1-3-18(4-2)12(19)8-5-6-10(13)9(7-8)11-14-16-17-15-11/h5-7H,3-4,13H2,1-2H3,(H,14,15,16,17). The van der Waals surface area contributed by atoms with Crippen LogP contribution in [0.5, 0.6) is 0 Å². The number of tetrazole rings is 1. The summed E-state index contributed by atoms with van der Waals surface area (Å²) in [5, 5.41) is 13.6. The van der Waals surface area contributed by atoms with Gasteiger partial charge in [-0.1, -0.05) is 0 Å². The predicted molar refractivity (Wildman–Crippen MR) is 71.3 cm³/mol. The molecule has 2 rings (SSSR count). The maximum Gasteiger partial charge on any atom is 0.253 e. The van der Waals surface area contributed by atoms with E-state index in [2.05, 4.69) is 20.6 Å². The van der Waals surface area contributed by atoms with Crippen LogP contribution in [0.15, 0.2) is 18.2 Å². The van der Waals surface area contributed by atoms with Gasteiger partial charge in [-0.05, 0) is 37.3 Å². The molecule has 0 atom stereocenters. The van der Waals surface area contributed by atoms with Crippen LogP contribution in [0.4, 0.5) is 5.69 Å². The molecule has 1 aromatic heterocycles. The topological polar surface area (TPSA) is 101 Å². The first-order chi connectivity index (χ1) is 9.17. The molecule has 1 amide bonds. The minimum Gasteiger partial charge on any atom is -0.398 e. The van der Waals surface area contributed by atoms with E-state index in [9.17, 15) is 4.79 Å². The second kappa shape index (κ2) is 5.47. The highest BCUT2D eigenvalue weighted by molar-refractivity contribution is 5.96. The van der Waals surface area contributed by atoms with Crippen LogP contribution in [0, 0.1) is 0 Å². The quantitative estimate of drug-likeness (QED) is 0.796. The van der Waals surface area contributed by atoms with Gasteiger partial charge in [-0.25, -0.2) is 0 Å². The molecule has 1 aromatic carbocycles. The lowest BCUT2D eigenvalue weighted by atomic mass is 10.1. The van der Waals surface area contributed by atoms with E-state index < -0.39 is 0 Å². The molecule has 0 radical (unpaired) electrons. The van der Waals surface area contributed by atoms with Crippen LogP contribution in [0.3, 0.4) is 0 Å². The smallest absolute Gasteiger partial charge is 0.253 e. The highest BCUT2D eigenvalue weighted by Crippen LogP contribution is 2.23. The van der Waals surface area contributed by atoms with Crippen molar-refractivity contribution in [3.63, 3.8) is 0 Å². The van der Waals surface area contributed by atoms with Gasteiger partial charge in [-0.2, -0.15) is 5.21 Å². The number of nitrogens with one attached hydrogen (secondary N) is 1. The monoisotopic (exact) mass is 260 g/mol. The number of nitrogen functional groups attached to an aromatic ring is 1. The molecule has 0 spiro atoms. The molecular formula is C12H16N6O. The molecule has 7 heteroatoms. The lowest BCUT2D eigenvalue weighted by molar-refractivity contribution is 0.0773. The normalized spacial score (nSPS) is 10.4. The maximum atomic E-state index is 12.3. The number of amides is 1. The Labute approximate surface area is 110 Å². The number of benzene rings is 1. The molecule has 0 aliphatic heterocycles. The summed E-state index contributed by atoms with van der Waals surface area (Å²) in [7, 11) is 0. The Balaban J connectivity index is 2.39. The average molecular weight is 260 g/mol. The van der Waals surface area contributed by atoms with Crippen molar-refractivity contribution in [2.75, 3.05) is 18.8 Å². The largest absolute Gasteiger partial charge is 0.398 e. The third kappa shape index (κ3) is 2.54. The number of nitrogens with zero attached hydrogens (tertiary/aromatic N) is 4. The molecule has 0 fully saturated rings. The Kier molecular flexibility index (Phi) is 3.74. The van der Waals surface area contributed by atoms with Crippen molar-refractivity contribution in [3.8, 4) is 11.4 Å². The van der Waals surface area contributed by atoms with Crippen molar-refractivity contribution in [3.05, 3.63) is 23.8 Å². The van der Waals surface area contributed by atoms with Gasteiger partial charge in [0.2, 0.25) is 5.82 Å².